The number of carbonyl (C=O) groups excluding carboxylic acids is 5. The van der Waals surface area contributed by atoms with Gasteiger partial charge in [-0.05, 0) is 88.2 Å². The number of amides is 5. The topological polar surface area (TPSA) is 261 Å². The predicted octanol–water partition coefficient (Wildman–Crippen LogP) is -0.219. The van der Waals surface area contributed by atoms with Gasteiger partial charge in [0, 0.05) is 11.3 Å². The highest BCUT2D eigenvalue weighted by Crippen LogP contribution is 2.14. The molecule has 2 rings (SSSR count). The number of aliphatic carboxylic acids is 1. The maximum Gasteiger partial charge on any atom is 0.326 e. The first-order valence-electron chi connectivity index (χ1n) is 16.9. The van der Waals surface area contributed by atoms with Crippen LogP contribution in [0, 0.1) is 5.92 Å². The van der Waals surface area contributed by atoms with Gasteiger partial charge in [-0.3, -0.25) is 24.0 Å². The van der Waals surface area contributed by atoms with E-state index in [2.05, 4.69) is 26.6 Å². The zero-order valence-electron chi connectivity index (χ0n) is 28.5. The molecule has 6 atom stereocenters. The first kappa shape index (κ1) is 41.3. The molecule has 16 heteroatoms. The van der Waals surface area contributed by atoms with Gasteiger partial charge in [0.2, 0.25) is 29.5 Å². The van der Waals surface area contributed by atoms with E-state index in [0.29, 0.717) is 38.8 Å². The molecule has 0 radical (unpaired) electrons. The Morgan fingerprint density at radius 2 is 1.47 bits per heavy atom. The van der Waals surface area contributed by atoms with Gasteiger partial charge >= 0.3 is 5.97 Å². The number of rotatable bonds is 17. The summed E-state index contributed by atoms with van der Waals surface area (Å²) >= 11 is 1.37. The predicted molar refractivity (Wildman–Crippen MR) is 187 cm³/mol. The van der Waals surface area contributed by atoms with Crippen LogP contribution in [0.25, 0.3) is 0 Å². The molecule has 274 valence electrons. The van der Waals surface area contributed by atoms with Crippen LogP contribution >= 0.6 is 11.3 Å². The molecule has 0 unspecified atom stereocenters. The van der Waals surface area contributed by atoms with E-state index in [-0.39, 0.29) is 44.4 Å². The van der Waals surface area contributed by atoms with Crippen LogP contribution < -0.4 is 43.8 Å². The molecule has 5 amide bonds. The molecule has 0 bridgehead atoms. The van der Waals surface area contributed by atoms with E-state index in [9.17, 15) is 33.9 Å². The molecule has 49 heavy (non-hydrogen) atoms. The molecule has 1 aromatic heterocycles. The normalized spacial score (nSPS) is 22.5. The van der Waals surface area contributed by atoms with Gasteiger partial charge in [-0.2, -0.15) is 0 Å². The van der Waals surface area contributed by atoms with Gasteiger partial charge in [-0.15, -0.1) is 11.3 Å². The Hall–Kier alpha value is -3.86. The third-order valence-corrected chi connectivity index (χ3v) is 8.90. The van der Waals surface area contributed by atoms with Crippen molar-refractivity contribution in [2.75, 3.05) is 13.1 Å². The van der Waals surface area contributed by atoms with Crippen molar-refractivity contribution in [3.8, 4) is 0 Å². The summed E-state index contributed by atoms with van der Waals surface area (Å²) in [6.45, 7) is 4.46. The second-order valence-corrected chi connectivity index (χ2v) is 13.7. The summed E-state index contributed by atoms with van der Waals surface area (Å²) in [4.78, 5) is 79.9. The lowest BCUT2D eigenvalue weighted by molar-refractivity contribution is -0.142. The first-order chi connectivity index (χ1) is 23.4. The summed E-state index contributed by atoms with van der Waals surface area (Å²) in [7, 11) is 0. The summed E-state index contributed by atoms with van der Waals surface area (Å²) in [5.41, 5.74) is 17.4. The lowest BCUT2D eigenvalue weighted by Crippen LogP contribution is -2.59. The van der Waals surface area contributed by atoms with Gasteiger partial charge in [0.05, 0.1) is 6.04 Å². The number of thiophene rings is 1. The van der Waals surface area contributed by atoms with Crippen molar-refractivity contribution in [1.82, 2.24) is 26.6 Å². The zero-order valence-corrected chi connectivity index (χ0v) is 29.3. The molecule has 0 aliphatic carbocycles. The van der Waals surface area contributed by atoms with E-state index >= 15 is 0 Å². The molecule has 0 saturated carbocycles. The van der Waals surface area contributed by atoms with Crippen LogP contribution in [0.5, 0.6) is 0 Å². The summed E-state index contributed by atoms with van der Waals surface area (Å²) in [6.07, 6.45) is 6.38. The Kier molecular flexibility index (Phi) is 18.5. The molecule has 1 aliphatic rings. The number of unbranched alkanes of at least 4 members (excludes halogenated alkanes) is 2. The van der Waals surface area contributed by atoms with E-state index in [1.54, 1.807) is 24.3 Å². The number of hydrogen-bond acceptors (Lipinski definition) is 10. The van der Waals surface area contributed by atoms with Gasteiger partial charge < -0.3 is 48.9 Å². The molecule has 1 aromatic rings. The summed E-state index contributed by atoms with van der Waals surface area (Å²) in [6, 6.07) is -2.89. The van der Waals surface area contributed by atoms with Crippen molar-refractivity contribution in [3.05, 3.63) is 34.5 Å². The van der Waals surface area contributed by atoms with Gasteiger partial charge in [0.15, 0.2) is 0 Å². The fourth-order valence-corrected chi connectivity index (χ4v) is 5.99. The summed E-state index contributed by atoms with van der Waals surface area (Å²) in [5, 5.41) is 25.0. The maximum absolute atomic E-state index is 13.8. The monoisotopic (exact) mass is 706 g/mol. The van der Waals surface area contributed by atoms with Gasteiger partial charge in [-0.25, -0.2) is 4.79 Å². The third-order valence-electron chi connectivity index (χ3n) is 8.00. The molecular formula is C33H54N8O7S. The Morgan fingerprint density at radius 1 is 0.878 bits per heavy atom. The van der Waals surface area contributed by atoms with Crippen molar-refractivity contribution >= 4 is 46.8 Å². The highest BCUT2D eigenvalue weighted by atomic mass is 32.1. The minimum atomic E-state index is -1.19. The second-order valence-electron chi connectivity index (χ2n) is 12.7. The van der Waals surface area contributed by atoms with Crippen molar-refractivity contribution < 1.29 is 33.9 Å². The van der Waals surface area contributed by atoms with Crippen molar-refractivity contribution in [3.63, 3.8) is 0 Å². The number of hydrogen-bond donors (Lipinski definition) is 9. The zero-order chi connectivity index (χ0) is 36.3. The fraction of sp³-hybridized carbons (Fsp3) is 0.636. The number of carbonyl (C=O) groups is 6. The Balaban J connectivity index is 2.39. The fourth-order valence-electron chi connectivity index (χ4n) is 5.24. The lowest BCUT2D eigenvalue weighted by atomic mass is 10.0. The van der Waals surface area contributed by atoms with E-state index < -0.39 is 71.8 Å². The standard InChI is InChI=1S/C33H54N8O7S/c1-20(2)18-27(33(47)48)41-32(46)26(19-21-10-9-17-49-21)40-31(45)24-12-4-3-11-22(36)28(42)37-23(13-5-7-15-34)29(43)39-25(30(44)38-24)14-6-8-16-35/h3-4,9-10,17,20,22-27H,5-8,11-16,18-19,34-36H2,1-2H3,(H,37,42)(H,38,44)(H,39,43)(H,40,45)(H,41,46)(H,47,48)/b4-3+/t22-,23-,24-,25-,26-,27-/m0/s1. The summed E-state index contributed by atoms with van der Waals surface area (Å²) < 4.78 is 0. The van der Waals surface area contributed by atoms with Gasteiger partial charge in [-0.1, -0.05) is 32.1 Å². The molecule has 1 aliphatic heterocycles. The van der Waals surface area contributed by atoms with Crippen molar-refractivity contribution in [2.45, 2.75) is 114 Å². The van der Waals surface area contributed by atoms with E-state index in [1.165, 1.54) is 11.3 Å². The average molecular weight is 707 g/mol. The van der Waals surface area contributed by atoms with Crippen LogP contribution in [0.15, 0.2) is 29.7 Å². The molecule has 0 aromatic carbocycles. The number of nitrogens with two attached hydrogens (primary N) is 3. The highest BCUT2D eigenvalue weighted by Gasteiger charge is 2.33. The lowest BCUT2D eigenvalue weighted by Gasteiger charge is -2.27. The molecule has 0 fully saturated rings. The third kappa shape index (κ3) is 15.1. The second kappa shape index (κ2) is 22.0. The number of nitrogens with one attached hydrogen (secondary N) is 5. The van der Waals surface area contributed by atoms with Crippen LogP contribution in [0.4, 0.5) is 0 Å². The Bertz CT molecular complexity index is 1260. The van der Waals surface area contributed by atoms with Crippen LogP contribution in [0.3, 0.4) is 0 Å². The molecule has 2 heterocycles. The maximum atomic E-state index is 13.8. The molecular weight excluding hydrogens is 652 g/mol. The van der Waals surface area contributed by atoms with E-state index in [0.717, 1.165) is 4.88 Å². The van der Waals surface area contributed by atoms with Crippen LogP contribution in [0.2, 0.25) is 0 Å². The van der Waals surface area contributed by atoms with Gasteiger partial charge in [0.1, 0.15) is 30.2 Å². The largest absolute Gasteiger partial charge is 0.480 e. The number of carboxylic acid groups (broad SMARTS) is 1. The summed E-state index contributed by atoms with van der Waals surface area (Å²) in [5.74, 6) is -4.30. The highest BCUT2D eigenvalue weighted by molar-refractivity contribution is 7.09. The average Bonchev–Trinajstić information content (AvgIpc) is 3.56. The molecule has 15 nitrogen and oxygen atoms in total. The van der Waals surface area contributed by atoms with Crippen LogP contribution in [-0.2, 0) is 35.2 Å². The molecule has 0 spiro atoms. The first-order valence-corrected chi connectivity index (χ1v) is 17.8. The Labute approximate surface area is 291 Å². The Morgan fingerprint density at radius 3 is 2.02 bits per heavy atom. The smallest absolute Gasteiger partial charge is 0.326 e. The van der Waals surface area contributed by atoms with E-state index in [4.69, 9.17) is 17.2 Å². The van der Waals surface area contributed by atoms with Crippen molar-refractivity contribution in [1.29, 1.82) is 0 Å². The minimum absolute atomic E-state index is 0.0165. The number of carboxylic acids is 1. The SMILES string of the molecule is CC(C)C[C@H](NC(=O)[C@H](Cc1cccs1)NC(=O)[C@@H]1C/C=C/C[C@H](N)C(=O)N[C@@H](CCCCN)C(=O)N[C@@H](CCCCN)C(=O)N1)C(=O)O. The van der Waals surface area contributed by atoms with Crippen LogP contribution in [0.1, 0.15) is 76.5 Å². The molecule has 0 saturated heterocycles. The van der Waals surface area contributed by atoms with E-state index in [1.807, 2.05) is 19.2 Å². The van der Waals surface area contributed by atoms with Crippen molar-refractivity contribution in [2.24, 2.45) is 23.1 Å². The quantitative estimate of drug-likeness (QED) is 0.0760. The van der Waals surface area contributed by atoms with Gasteiger partial charge in [0.25, 0.3) is 0 Å². The van der Waals surface area contributed by atoms with Crippen LogP contribution in [-0.4, -0.2) is 90.0 Å². The molecule has 12 N–H and O–H groups in total. The minimum Gasteiger partial charge on any atom is -0.480 e.